The van der Waals surface area contributed by atoms with Gasteiger partial charge in [0.25, 0.3) is 10.0 Å². The Hall–Kier alpha value is -2.66. The normalized spacial score (nSPS) is 12.4. The first-order valence-corrected chi connectivity index (χ1v) is 16.9. The lowest BCUT2D eigenvalue weighted by molar-refractivity contribution is 0.102. The quantitative estimate of drug-likeness (QED) is 0.113. The number of Topliss-reactive ketones (excluding diaryl/α,β-unsaturated/α-hetero) is 1. The second kappa shape index (κ2) is 14.0. The summed E-state index contributed by atoms with van der Waals surface area (Å²) in [4.78, 5) is 13.0. The molecule has 0 aliphatic carbocycles. The number of halogens is 2. The highest BCUT2D eigenvalue weighted by Gasteiger charge is 2.23. The second-order valence-electron chi connectivity index (χ2n) is 10.2. The van der Waals surface area contributed by atoms with E-state index in [1.165, 1.54) is 17.8 Å². The smallest absolute Gasteiger partial charge is 0.261 e. The minimum Gasteiger partial charge on any atom is -0.299 e. The van der Waals surface area contributed by atoms with Crippen LogP contribution in [-0.4, -0.2) is 34.7 Å². The zero-order chi connectivity index (χ0) is 29.6. The van der Waals surface area contributed by atoms with E-state index in [2.05, 4.69) is 51.6 Å². The molecule has 7 nitrogen and oxygen atoms in total. The van der Waals surface area contributed by atoms with Crippen molar-refractivity contribution >= 4 is 60.8 Å². The lowest BCUT2D eigenvalue weighted by Gasteiger charge is -2.19. The maximum atomic E-state index is 13.2. The topological polar surface area (TPSA) is 93.9 Å². The van der Waals surface area contributed by atoms with E-state index >= 15 is 0 Å². The number of hydrogen-bond donors (Lipinski definition) is 1. The molecule has 0 aliphatic rings. The summed E-state index contributed by atoms with van der Waals surface area (Å²) in [7, 11) is -3.92. The van der Waals surface area contributed by atoms with Crippen LogP contribution >= 0.6 is 39.3 Å². The molecule has 0 saturated heterocycles. The number of carbonyl (C=O) groups excluding carboxylic acids is 1. The molecule has 0 fully saturated rings. The van der Waals surface area contributed by atoms with Crippen LogP contribution in [0.15, 0.2) is 87.3 Å². The van der Waals surface area contributed by atoms with Crippen molar-refractivity contribution in [1.82, 2.24) is 14.8 Å². The largest absolute Gasteiger partial charge is 0.299 e. The summed E-state index contributed by atoms with van der Waals surface area (Å²) in [6, 6.07) is 20.6. The average Bonchev–Trinajstić information content (AvgIpc) is 3.37. The van der Waals surface area contributed by atoms with Crippen LogP contribution in [-0.2, 0) is 10.0 Å². The molecule has 1 atom stereocenters. The van der Waals surface area contributed by atoms with E-state index in [-0.39, 0.29) is 22.5 Å². The van der Waals surface area contributed by atoms with Crippen LogP contribution < -0.4 is 4.72 Å². The summed E-state index contributed by atoms with van der Waals surface area (Å²) < 4.78 is 32.0. The van der Waals surface area contributed by atoms with Gasteiger partial charge in [0.2, 0.25) is 0 Å². The fourth-order valence-electron chi connectivity index (χ4n) is 4.32. The monoisotopic (exact) mass is 674 g/mol. The predicted octanol–water partition coefficient (Wildman–Crippen LogP) is 8.52. The summed E-state index contributed by atoms with van der Waals surface area (Å²) in [6.07, 6.45) is 3.01. The van der Waals surface area contributed by atoms with Gasteiger partial charge in [-0.3, -0.25) is 14.1 Å². The highest BCUT2D eigenvalue weighted by molar-refractivity contribution is 9.10. The fraction of sp³-hybridized carbons (Fsp3) is 0.300. The van der Waals surface area contributed by atoms with E-state index in [9.17, 15) is 13.2 Å². The summed E-state index contributed by atoms with van der Waals surface area (Å²) in [6.45, 7) is 6.51. The van der Waals surface area contributed by atoms with Gasteiger partial charge in [0.15, 0.2) is 16.8 Å². The lowest BCUT2D eigenvalue weighted by Crippen LogP contribution is -2.14. The van der Waals surface area contributed by atoms with Gasteiger partial charge in [-0.15, -0.1) is 10.2 Å². The number of nitrogens with one attached hydrogen (secondary N) is 1. The molecule has 41 heavy (non-hydrogen) atoms. The minimum atomic E-state index is -3.92. The molecule has 4 aromatic rings. The van der Waals surface area contributed by atoms with E-state index in [4.69, 9.17) is 11.6 Å². The van der Waals surface area contributed by atoms with Gasteiger partial charge in [0, 0.05) is 21.6 Å². The van der Waals surface area contributed by atoms with Crippen molar-refractivity contribution in [2.24, 2.45) is 5.92 Å². The summed E-state index contributed by atoms with van der Waals surface area (Å²) in [5, 5.41) is 9.84. The van der Waals surface area contributed by atoms with E-state index in [1.54, 1.807) is 48.5 Å². The molecule has 1 aromatic heterocycles. The van der Waals surface area contributed by atoms with Gasteiger partial charge in [0.05, 0.1) is 21.4 Å². The number of carbonyl (C=O) groups is 1. The van der Waals surface area contributed by atoms with Crippen molar-refractivity contribution < 1.29 is 13.2 Å². The highest BCUT2D eigenvalue weighted by Crippen LogP contribution is 2.32. The molecule has 0 unspecified atom stereocenters. The van der Waals surface area contributed by atoms with Crippen LogP contribution in [0.2, 0.25) is 5.02 Å². The van der Waals surface area contributed by atoms with Crippen LogP contribution in [0.3, 0.4) is 0 Å². The number of benzene rings is 3. The van der Waals surface area contributed by atoms with Crippen molar-refractivity contribution in [1.29, 1.82) is 0 Å². The van der Waals surface area contributed by atoms with E-state index < -0.39 is 10.0 Å². The summed E-state index contributed by atoms with van der Waals surface area (Å²) >= 11 is 10.9. The molecule has 0 amide bonds. The standard InChI is InChI=1S/C30H32BrClN4O3S2/c1-20(2)8-6-9-21(3)36-29(33-34-30(36)40-19-28(37)22-14-16-24(31)17-15-22)23-10-7-11-25(18-23)41(38,39)35-27-13-5-4-12-26(27)32/h4-5,7,10-18,20-21,35H,6,8-9,19H2,1-3H3/t21-/m1/s1. The minimum absolute atomic E-state index is 0.00945. The molecule has 0 saturated carbocycles. The Morgan fingerprint density at radius 3 is 2.44 bits per heavy atom. The Balaban J connectivity index is 1.64. The zero-order valence-electron chi connectivity index (χ0n) is 23.1. The third kappa shape index (κ3) is 8.22. The number of sulfonamides is 1. The maximum absolute atomic E-state index is 13.2. The molecular weight excluding hydrogens is 644 g/mol. The van der Waals surface area contributed by atoms with Gasteiger partial charge in [-0.25, -0.2) is 8.42 Å². The van der Waals surface area contributed by atoms with Gasteiger partial charge >= 0.3 is 0 Å². The number of para-hydroxylation sites is 1. The first-order chi connectivity index (χ1) is 19.5. The van der Waals surface area contributed by atoms with Crippen LogP contribution in [0, 0.1) is 5.92 Å². The summed E-state index contributed by atoms with van der Waals surface area (Å²) in [5.74, 6) is 1.34. The maximum Gasteiger partial charge on any atom is 0.261 e. The number of anilines is 1. The summed E-state index contributed by atoms with van der Waals surface area (Å²) in [5.41, 5.74) is 1.54. The Kier molecular flexibility index (Phi) is 10.7. The van der Waals surface area contributed by atoms with E-state index in [0.29, 0.717) is 38.7 Å². The van der Waals surface area contributed by atoms with Crippen molar-refractivity contribution in [3.05, 3.63) is 87.9 Å². The molecule has 0 bridgehead atoms. The third-order valence-corrected chi connectivity index (χ3v) is 9.69. The Morgan fingerprint density at radius 2 is 1.73 bits per heavy atom. The Labute approximate surface area is 259 Å². The van der Waals surface area contributed by atoms with Gasteiger partial charge in [0.1, 0.15) is 0 Å². The number of rotatable bonds is 13. The Bertz CT molecular complexity index is 1610. The first kappa shape index (κ1) is 31.3. The Morgan fingerprint density at radius 1 is 1.00 bits per heavy atom. The molecule has 0 spiro atoms. The molecule has 1 heterocycles. The molecule has 0 radical (unpaired) electrons. The average molecular weight is 676 g/mol. The fourth-order valence-corrected chi connectivity index (χ4v) is 6.88. The number of nitrogens with zero attached hydrogens (tertiary/aromatic N) is 3. The van der Waals surface area contributed by atoms with Crippen LogP contribution in [0.1, 0.15) is 56.4 Å². The highest BCUT2D eigenvalue weighted by atomic mass is 79.9. The van der Waals surface area contributed by atoms with Crippen LogP contribution in [0.5, 0.6) is 0 Å². The predicted molar refractivity (Wildman–Crippen MR) is 170 cm³/mol. The number of hydrogen-bond acceptors (Lipinski definition) is 6. The number of thioether (sulfide) groups is 1. The number of ketones is 1. The van der Waals surface area contributed by atoms with Crippen LogP contribution in [0.25, 0.3) is 11.4 Å². The van der Waals surface area contributed by atoms with Gasteiger partial charge < -0.3 is 0 Å². The van der Waals surface area contributed by atoms with E-state index in [1.807, 2.05) is 22.8 Å². The molecule has 4 rings (SSSR count). The SMILES string of the molecule is CC(C)CCC[C@@H](C)n1c(SCC(=O)c2ccc(Br)cc2)nnc1-c1cccc(S(=O)(=O)Nc2ccccc2Cl)c1. The van der Waals surface area contributed by atoms with Crippen molar-refractivity contribution in [3.8, 4) is 11.4 Å². The lowest BCUT2D eigenvalue weighted by atomic mass is 10.0. The van der Waals surface area contributed by atoms with E-state index in [0.717, 1.165) is 23.7 Å². The molecule has 3 aromatic carbocycles. The van der Waals surface area contributed by atoms with Gasteiger partial charge in [-0.2, -0.15) is 0 Å². The molecule has 0 aliphatic heterocycles. The zero-order valence-corrected chi connectivity index (χ0v) is 27.0. The molecular formula is C30H32BrClN4O3S2. The molecule has 1 N–H and O–H groups in total. The number of aromatic nitrogens is 3. The van der Waals surface area contributed by atoms with Crippen molar-refractivity contribution in [3.63, 3.8) is 0 Å². The first-order valence-electron chi connectivity index (χ1n) is 13.3. The van der Waals surface area contributed by atoms with Gasteiger partial charge in [-0.1, -0.05) is 102 Å². The molecule has 11 heteroatoms. The van der Waals surface area contributed by atoms with Crippen molar-refractivity contribution in [2.45, 2.75) is 56.1 Å². The van der Waals surface area contributed by atoms with Crippen LogP contribution in [0.4, 0.5) is 5.69 Å². The second-order valence-corrected chi connectivity index (χ2v) is 14.1. The van der Waals surface area contributed by atoms with Gasteiger partial charge in [-0.05, 0) is 55.7 Å². The molecule has 216 valence electrons. The van der Waals surface area contributed by atoms with Crippen molar-refractivity contribution in [2.75, 3.05) is 10.5 Å². The third-order valence-electron chi connectivity index (χ3n) is 6.53.